The van der Waals surface area contributed by atoms with Gasteiger partial charge >= 0.3 is 0 Å². The zero-order valence-corrected chi connectivity index (χ0v) is 10.1. The monoisotopic (exact) mass is 227 g/mol. The molecule has 1 heterocycles. The van der Waals surface area contributed by atoms with Gasteiger partial charge in [0.15, 0.2) is 0 Å². The molecule has 1 aromatic carbocycles. The van der Waals surface area contributed by atoms with Gasteiger partial charge in [0, 0.05) is 11.4 Å². The van der Waals surface area contributed by atoms with Gasteiger partial charge in [0.25, 0.3) is 0 Å². The molecule has 3 rings (SSSR count). The summed E-state index contributed by atoms with van der Waals surface area (Å²) in [5, 5.41) is 4.61. The van der Waals surface area contributed by atoms with Gasteiger partial charge in [-0.05, 0) is 31.4 Å². The summed E-state index contributed by atoms with van der Waals surface area (Å²) < 4.78 is 0. The average molecular weight is 227 g/mol. The first-order chi connectivity index (χ1) is 8.33. The molecule has 3 nitrogen and oxygen atoms in total. The minimum atomic E-state index is 0.487. The van der Waals surface area contributed by atoms with E-state index in [9.17, 15) is 0 Å². The van der Waals surface area contributed by atoms with E-state index in [0.29, 0.717) is 6.04 Å². The lowest BCUT2D eigenvalue weighted by Gasteiger charge is -2.15. The molecule has 1 aliphatic carbocycles. The third-order valence-electron chi connectivity index (χ3n) is 3.31. The van der Waals surface area contributed by atoms with Gasteiger partial charge < -0.3 is 5.32 Å². The van der Waals surface area contributed by atoms with Gasteiger partial charge in [-0.25, -0.2) is 9.97 Å². The fourth-order valence-corrected chi connectivity index (χ4v) is 2.27. The number of hydrogen-bond donors (Lipinski definition) is 1. The van der Waals surface area contributed by atoms with Crippen molar-refractivity contribution in [3.8, 4) is 0 Å². The number of fused-ring (bicyclic) bond motifs is 1. The summed E-state index contributed by atoms with van der Waals surface area (Å²) in [6.45, 7) is 2.23. The lowest BCUT2D eigenvalue weighted by molar-refractivity contribution is 0.640. The van der Waals surface area contributed by atoms with Crippen LogP contribution in [0.15, 0.2) is 30.6 Å². The Morgan fingerprint density at radius 3 is 2.94 bits per heavy atom. The van der Waals surface area contributed by atoms with E-state index < -0.39 is 0 Å². The Balaban J connectivity index is 1.83. The molecule has 0 aliphatic heterocycles. The average Bonchev–Trinajstić information content (AvgIpc) is 3.13. The van der Waals surface area contributed by atoms with Crippen LogP contribution in [-0.4, -0.2) is 16.0 Å². The second kappa shape index (κ2) is 4.32. The first-order valence-corrected chi connectivity index (χ1v) is 6.29. The van der Waals surface area contributed by atoms with Crippen LogP contribution < -0.4 is 5.32 Å². The number of nitrogens with one attached hydrogen (secondary N) is 1. The Hall–Kier alpha value is -1.64. The van der Waals surface area contributed by atoms with Gasteiger partial charge in [-0.1, -0.05) is 25.0 Å². The maximum atomic E-state index is 4.35. The van der Waals surface area contributed by atoms with Crippen LogP contribution in [0.3, 0.4) is 0 Å². The van der Waals surface area contributed by atoms with Crippen LogP contribution in [0.25, 0.3) is 10.9 Å². The van der Waals surface area contributed by atoms with Crippen molar-refractivity contribution in [3.63, 3.8) is 0 Å². The maximum Gasteiger partial charge on any atom is 0.137 e. The van der Waals surface area contributed by atoms with Crippen LogP contribution in [0.5, 0.6) is 0 Å². The molecule has 1 aliphatic rings. The third-order valence-corrected chi connectivity index (χ3v) is 3.31. The van der Waals surface area contributed by atoms with Crippen molar-refractivity contribution in [2.24, 2.45) is 5.92 Å². The predicted octanol–water partition coefficient (Wildman–Crippen LogP) is 3.23. The van der Waals surface area contributed by atoms with Crippen molar-refractivity contribution in [3.05, 3.63) is 30.6 Å². The minimum Gasteiger partial charge on any atom is -0.367 e. The standard InChI is InChI=1S/C14H17N3/c1-10(8-11-6-7-11)17-14-12-4-2-3-5-13(12)15-9-16-14/h2-5,9-11H,6-8H2,1H3,(H,15,16,17). The van der Waals surface area contributed by atoms with Crippen LogP contribution in [0.2, 0.25) is 0 Å². The molecular formula is C14H17N3. The summed E-state index contributed by atoms with van der Waals surface area (Å²) in [5.41, 5.74) is 1.00. The molecule has 0 bridgehead atoms. The second-order valence-electron chi connectivity index (χ2n) is 4.96. The molecule has 0 saturated heterocycles. The molecule has 0 spiro atoms. The van der Waals surface area contributed by atoms with Crippen molar-refractivity contribution in [1.29, 1.82) is 0 Å². The van der Waals surface area contributed by atoms with Crippen LogP contribution in [0, 0.1) is 5.92 Å². The summed E-state index contributed by atoms with van der Waals surface area (Å²) in [6.07, 6.45) is 5.68. The fourth-order valence-electron chi connectivity index (χ4n) is 2.27. The van der Waals surface area contributed by atoms with Gasteiger partial charge in [0.05, 0.1) is 5.52 Å². The highest BCUT2D eigenvalue weighted by Crippen LogP contribution is 2.34. The van der Waals surface area contributed by atoms with Crippen LogP contribution in [0.1, 0.15) is 26.2 Å². The quantitative estimate of drug-likeness (QED) is 0.871. The molecule has 2 aromatic rings. The summed E-state index contributed by atoms with van der Waals surface area (Å²) in [7, 11) is 0. The molecular weight excluding hydrogens is 210 g/mol. The van der Waals surface area contributed by atoms with E-state index in [1.807, 2.05) is 18.2 Å². The van der Waals surface area contributed by atoms with Crippen molar-refractivity contribution < 1.29 is 0 Å². The minimum absolute atomic E-state index is 0.487. The SMILES string of the molecule is CC(CC1CC1)Nc1ncnc2ccccc12. The van der Waals surface area contributed by atoms with Gasteiger partial charge in [-0.2, -0.15) is 0 Å². The Labute approximate surface area is 101 Å². The van der Waals surface area contributed by atoms with E-state index in [1.54, 1.807) is 6.33 Å². The maximum absolute atomic E-state index is 4.35. The van der Waals surface area contributed by atoms with E-state index in [2.05, 4.69) is 28.3 Å². The fraction of sp³-hybridized carbons (Fsp3) is 0.429. The summed E-state index contributed by atoms with van der Waals surface area (Å²) in [4.78, 5) is 8.62. The number of benzene rings is 1. The molecule has 88 valence electrons. The Morgan fingerprint density at radius 2 is 2.12 bits per heavy atom. The zero-order valence-electron chi connectivity index (χ0n) is 10.1. The van der Waals surface area contributed by atoms with Gasteiger partial charge in [-0.15, -0.1) is 0 Å². The van der Waals surface area contributed by atoms with Crippen molar-refractivity contribution in [2.75, 3.05) is 5.32 Å². The Kier molecular flexibility index (Phi) is 2.67. The Morgan fingerprint density at radius 1 is 1.29 bits per heavy atom. The molecule has 1 N–H and O–H groups in total. The lowest BCUT2D eigenvalue weighted by Crippen LogP contribution is -2.16. The third kappa shape index (κ3) is 2.38. The molecule has 3 heteroatoms. The van der Waals surface area contributed by atoms with Crippen LogP contribution in [-0.2, 0) is 0 Å². The van der Waals surface area contributed by atoms with Crippen LogP contribution >= 0.6 is 0 Å². The molecule has 17 heavy (non-hydrogen) atoms. The molecule has 1 atom stereocenters. The highest BCUT2D eigenvalue weighted by atomic mass is 15.0. The van der Waals surface area contributed by atoms with E-state index >= 15 is 0 Å². The summed E-state index contributed by atoms with van der Waals surface area (Å²) in [5.74, 6) is 1.90. The van der Waals surface area contributed by atoms with Crippen molar-refractivity contribution in [2.45, 2.75) is 32.2 Å². The van der Waals surface area contributed by atoms with E-state index in [1.165, 1.54) is 19.3 Å². The molecule has 1 aromatic heterocycles. The highest BCUT2D eigenvalue weighted by Gasteiger charge is 2.23. The number of anilines is 1. The number of para-hydroxylation sites is 1. The largest absolute Gasteiger partial charge is 0.367 e. The van der Waals surface area contributed by atoms with Gasteiger partial charge in [0.2, 0.25) is 0 Å². The van der Waals surface area contributed by atoms with E-state index in [-0.39, 0.29) is 0 Å². The van der Waals surface area contributed by atoms with Gasteiger partial charge in [0.1, 0.15) is 12.1 Å². The molecule has 0 radical (unpaired) electrons. The van der Waals surface area contributed by atoms with E-state index in [0.717, 1.165) is 22.6 Å². The van der Waals surface area contributed by atoms with Gasteiger partial charge in [-0.3, -0.25) is 0 Å². The number of aromatic nitrogens is 2. The topological polar surface area (TPSA) is 37.8 Å². The summed E-state index contributed by atoms with van der Waals surface area (Å²) >= 11 is 0. The number of nitrogens with zero attached hydrogens (tertiary/aromatic N) is 2. The zero-order chi connectivity index (χ0) is 11.7. The number of hydrogen-bond acceptors (Lipinski definition) is 3. The summed E-state index contributed by atoms with van der Waals surface area (Å²) in [6, 6.07) is 8.62. The highest BCUT2D eigenvalue weighted by molar-refractivity contribution is 5.88. The molecule has 1 fully saturated rings. The normalized spacial score (nSPS) is 17.0. The molecule has 1 unspecified atom stereocenters. The van der Waals surface area contributed by atoms with Crippen molar-refractivity contribution in [1.82, 2.24) is 9.97 Å². The second-order valence-corrected chi connectivity index (χ2v) is 4.96. The predicted molar refractivity (Wildman–Crippen MR) is 70.0 cm³/mol. The van der Waals surface area contributed by atoms with Crippen LogP contribution in [0.4, 0.5) is 5.82 Å². The first kappa shape index (κ1) is 10.5. The Bertz CT molecular complexity index is 514. The van der Waals surface area contributed by atoms with E-state index in [4.69, 9.17) is 0 Å². The number of rotatable bonds is 4. The first-order valence-electron chi connectivity index (χ1n) is 6.29. The molecule has 1 saturated carbocycles. The van der Waals surface area contributed by atoms with Crippen molar-refractivity contribution >= 4 is 16.7 Å². The molecule has 0 amide bonds. The lowest BCUT2D eigenvalue weighted by atomic mass is 10.1. The smallest absolute Gasteiger partial charge is 0.137 e.